The molecule has 1 saturated heterocycles. The molecule has 3 N–H and O–H groups in total. The summed E-state index contributed by atoms with van der Waals surface area (Å²) in [6, 6.07) is 0.205. The van der Waals surface area contributed by atoms with E-state index < -0.39 is 5.91 Å². The highest BCUT2D eigenvalue weighted by Gasteiger charge is 2.25. The number of amides is 2. The number of carbonyl (C=O) groups excluding carboxylic acids is 3. The van der Waals surface area contributed by atoms with E-state index in [0.29, 0.717) is 28.8 Å². The minimum Gasteiger partial charge on any atom is -0.366 e. The van der Waals surface area contributed by atoms with E-state index in [4.69, 9.17) is 5.73 Å². The highest BCUT2D eigenvalue weighted by atomic mass is 16.2. The average Bonchev–Trinajstić information content (AvgIpc) is 2.77. The van der Waals surface area contributed by atoms with Gasteiger partial charge >= 0.3 is 0 Å². The zero-order valence-corrected chi connectivity index (χ0v) is 13.9. The van der Waals surface area contributed by atoms with Gasteiger partial charge in [0.2, 0.25) is 5.91 Å². The van der Waals surface area contributed by atoms with Crippen LogP contribution in [0.3, 0.4) is 0 Å². The van der Waals surface area contributed by atoms with Crippen LogP contribution in [0.4, 0.5) is 0 Å². The Kier molecular flexibility index (Phi) is 5.20. The van der Waals surface area contributed by atoms with Crippen molar-refractivity contribution in [3.63, 3.8) is 0 Å². The maximum atomic E-state index is 12.6. The third-order valence-electron chi connectivity index (χ3n) is 4.72. The minimum atomic E-state index is -0.582. The number of piperidine rings is 1. The van der Waals surface area contributed by atoms with E-state index >= 15 is 0 Å². The number of aromatic nitrogens is 1. The third-order valence-corrected chi connectivity index (χ3v) is 4.72. The summed E-state index contributed by atoms with van der Waals surface area (Å²) in [5, 5.41) is 3.27. The van der Waals surface area contributed by atoms with Gasteiger partial charge in [-0.2, -0.15) is 0 Å². The van der Waals surface area contributed by atoms with Crippen molar-refractivity contribution in [2.75, 3.05) is 20.1 Å². The highest BCUT2D eigenvalue weighted by Crippen LogP contribution is 2.21. The van der Waals surface area contributed by atoms with Crippen molar-refractivity contribution in [2.45, 2.75) is 39.3 Å². The van der Waals surface area contributed by atoms with Gasteiger partial charge in [-0.1, -0.05) is 0 Å². The van der Waals surface area contributed by atoms with Crippen molar-refractivity contribution >= 4 is 18.1 Å². The molecule has 2 rings (SSSR count). The van der Waals surface area contributed by atoms with Crippen LogP contribution < -0.4 is 11.1 Å². The quantitative estimate of drug-likeness (QED) is 0.759. The largest absolute Gasteiger partial charge is 0.366 e. The first-order valence-electron chi connectivity index (χ1n) is 7.79. The topological polar surface area (TPSA) is 97.4 Å². The molecule has 0 unspecified atom stereocenters. The molecule has 126 valence electrons. The van der Waals surface area contributed by atoms with Crippen LogP contribution in [0.15, 0.2) is 0 Å². The number of primary amides is 1. The summed E-state index contributed by atoms with van der Waals surface area (Å²) < 4.78 is 1.59. The summed E-state index contributed by atoms with van der Waals surface area (Å²) >= 11 is 0. The van der Waals surface area contributed by atoms with Gasteiger partial charge in [0.05, 0.1) is 11.3 Å². The first-order chi connectivity index (χ1) is 10.9. The molecule has 0 spiro atoms. The van der Waals surface area contributed by atoms with E-state index in [1.165, 1.54) is 0 Å². The van der Waals surface area contributed by atoms with E-state index in [1.54, 1.807) is 30.4 Å². The summed E-state index contributed by atoms with van der Waals surface area (Å²) in [6.45, 7) is 5.21. The van der Waals surface area contributed by atoms with Crippen LogP contribution in [-0.4, -0.2) is 53.7 Å². The molecule has 23 heavy (non-hydrogen) atoms. The lowest BCUT2D eigenvalue weighted by molar-refractivity contribution is -0.133. The minimum absolute atomic E-state index is 0.0362. The fourth-order valence-electron chi connectivity index (χ4n) is 3.28. The van der Waals surface area contributed by atoms with Crippen molar-refractivity contribution in [1.29, 1.82) is 0 Å². The second-order valence-electron chi connectivity index (χ2n) is 6.02. The number of nitrogens with two attached hydrogens (primary N) is 1. The first-order valence-corrected chi connectivity index (χ1v) is 7.79. The summed E-state index contributed by atoms with van der Waals surface area (Å²) in [7, 11) is 1.79. The molecule has 0 atom stereocenters. The highest BCUT2D eigenvalue weighted by molar-refractivity contribution is 5.98. The van der Waals surface area contributed by atoms with Gasteiger partial charge in [0.15, 0.2) is 6.29 Å². The van der Waals surface area contributed by atoms with Gasteiger partial charge in [-0.15, -0.1) is 0 Å². The Labute approximate surface area is 135 Å². The molecule has 0 aliphatic carbocycles. The van der Waals surface area contributed by atoms with Gasteiger partial charge in [-0.25, -0.2) is 0 Å². The molecular formula is C16H24N4O3. The van der Waals surface area contributed by atoms with Crippen LogP contribution in [0.2, 0.25) is 0 Å². The molecule has 1 aliphatic heterocycles. The molecule has 0 radical (unpaired) electrons. The summed E-state index contributed by atoms with van der Waals surface area (Å²) in [5.74, 6) is -0.657. The van der Waals surface area contributed by atoms with Crippen LogP contribution in [0.5, 0.6) is 0 Å². The third kappa shape index (κ3) is 3.29. The number of hydrogen-bond donors (Lipinski definition) is 2. The Hall–Kier alpha value is -2.15. The predicted octanol–water partition coefficient (Wildman–Crippen LogP) is 0.227. The van der Waals surface area contributed by atoms with Crippen LogP contribution in [0.1, 0.15) is 44.9 Å². The van der Waals surface area contributed by atoms with Gasteiger partial charge < -0.3 is 20.5 Å². The Morgan fingerprint density at radius 1 is 1.35 bits per heavy atom. The average molecular weight is 320 g/mol. The number of rotatable bonds is 5. The number of hydrogen-bond acceptors (Lipinski definition) is 4. The number of nitrogens with one attached hydrogen (secondary N) is 1. The molecule has 1 aromatic heterocycles. The molecule has 0 bridgehead atoms. The molecule has 2 heterocycles. The monoisotopic (exact) mass is 320 g/mol. The van der Waals surface area contributed by atoms with Gasteiger partial charge in [0, 0.05) is 18.8 Å². The second-order valence-corrected chi connectivity index (χ2v) is 6.02. The first kappa shape index (κ1) is 17.2. The Morgan fingerprint density at radius 3 is 2.48 bits per heavy atom. The van der Waals surface area contributed by atoms with Crippen molar-refractivity contribution in [3.8, 4) is 0 Å². The molecular weight excluding hydrogens is 296 g/mol. The fourth-order valence-corrected chi connectivity index (χ4v) is 3.28. The SMILES string of the molecule is Cc1c(C(N)=O)c(C)n(CC(=O)N(C)C2CCNCC2)c1C=O. The Morgan fingerprint density at radius 2 is 1.96 bits per heavy atom. The number of carbonyl (C=O) groups is 3. The summed E-state index contributed by atoms with van der Waals surface area (Å²) in [5.41, 5.74) is 7.14. The Balaban J connectivity index is 2.25. The Bertz CT molecular complexity index is 630. The van der Waals surface area contributed by atoms with Gasteiger partial charge in [-0.3, -0.25) is 14.4 Å². The lowest BCUT2D eigenvalue weighted by atomic mass is 10.1. The normalized spacial score (nSPS) is 15.4. The maximum absolute atomic E-state index is 12.6. The van der Waals surface area contributed by atoms with Gasteiger partial charge in [0.1, 0.15) is 6.54 Å². The molecule has 1 aliphatic rings. The summed E-state index contributed by atoms with van der Waals surface area (Å²) in [6.07, 6.45) is 2.50. The molecule has 1 fully saturated rings. The smallest absolute Gasteiger partial charge is 0.250 e. The standard InChI is InChI=1S/C16H24N4O3/c1-10-13(9-21)20(11(2)15(10)16(17)23)8-14(22)19(3)12-4-6-18-7-5-12/h9,12,18H,4-8H2,1-3H3,(H2,17,23). The lowest BCUT2D eigenvalue weighted by Crippen LogP contribution is -2.45. The van der Waals surface area contributed by atoms with E-state index in [2.05, 4.69) is 5.32 Å². The fraction of sp³-hybridized carbons (Fsp3) is 0.562. The van der Waals surface area contributed by atoms with Crippen molar-refractivity contribution in [2.24, 2.45) is 5.73 Å². The molecule has 0 saturated carbocycles. The van der Waals surface area contributed by atoms with E-state index in [1.807, 2.05) is 0 Å². The van der Waals surface area contributed by atoms with Crippen LogP contribution >= 0.6 is 0 Å². The molecule has 7 nitrogen and oxygen atoms in total. The van der Waals surface area contributed by atoms with Crippen LogP contribution in [0.25, 0.3) is 0 Å². The van der Waals surface area contributed by atoms with Crippen molar-refractivity contribution in [1.82, 2.24) is 14.8 Å². The van der Waals surface area contributed by atoms with E-state index in [0.717, 1.165) is 25.9 Å². The van der Waals surface area contributed by atoms with Gasteiger partial charge in [0.25, 0.3) is 5.91 Å². The van der Waals surface area contributed by atoms with E-state index in [9.17, 15) is 14.4 Å². The van der Waals surface area contributed by atoms with Crippen molar-refractivity contribution in [3.05, 3.63) is 22.5 Å². The number of nitrogens with zero attached hydrogens (tertiary/aromatic N) is 2. The lowest BCUT2D eigenvalue weighted by Gasteiger charge is -2.32. The number of likely N-dealkylation sites (N-methyl/N-ethyl adjacent to an activating group) is 1. The molecule has 7 heteroatoms. The zero-order valence-electron chi connectivity index (χ0n) is 13.9. The number of aldehydes is 1. The maximum Gasteiger partial charge on any atom is 0.250 e. The van der Waals surface area contributed by atoms with Crippen LogP contribution in [-0.2, 0) is 11.3 Å². The van der Waals surface area contributed by atoms with Crippen LogP contribution in [0, 0.1) is 13.8 Å². The molecule has 0 aromatic carbocycles. The second kappa shape index (κ2) is 6.95. The summed E-state index contributed by atoms with van der Waals surface area (Å²) in [4.78, 5) is 37.3. The van der Waals surface area contributed by atoms with Crippen molar-refractivity contribution < 1.29 is 14.4 Å². The predicted molar refractivity (Wildman–Crippen MR) is 86.5 cm³/mol. The zero-order chi connectivity index (χ0) is 17.1. The molecule has 1 aromatic rings. The van der Waals surface area contributed by atoms with Gasteiger partial charge in [-0.05, 0) is 45.3 Å². The molecule has 2 amide bonds. The van der Waals surface area contributed by atoms with E-state index in [-0.39, 0.29) is 18.5 Å².